The molecule has 0 radical (unpaired) electrons. The van der Waals surface area contributed by atoms with E-state index in [-0.39, 0.29) is 6.04 Å². The highest BCUT2D eigenvalue weighted by molar-refractivity contribution is 5.54. The van der Waals surface area contributed by atoms with E-state index in [2.05, 4.69) is 4.99 Å². The molecule has 0 bridgehead atoms. The lowest BCUT2D eigenvalue weighted by molar-refractivity contribution is 0.843. The highest BCUT2D eigenvalue weighted by Gasteiger charge is 1.93. The van der Waals surface area contributed by atoms with Crippen LogP contribution in [-0.4, -0.2) is 12.3 Å². The van der Waals surface area contributed by atoms with Gasteiger partial charge in [-0.25, -0.2) is 0 Å². The molecule has 0 aromatic carbocycles. The molecule has 1 atom stereocenters. The quantitative estimate of drug-likeness (QED) is 0.521. The SMILES string of the molecule is C/C=N\C=C(\N)C(C)N. The standard InChI is InChI=1S/C6H13N3/c1-3-9-4-6(8)5(2)7/h3-5H,7-8H2,1-2H3/b6-4+,9-3-. The largest absolute Gasteiger partial charge is 0.400 e. The maximum atomic E-state index is 5.42. The molecule has 3 nitrogen and oxygen atoms in total. The first kappa shape index (κ1) is 8.17. The lowest BCUT2D eigenvalue weighted by Gasteiger charge is -2.01. The summed E-state index contributed by atoms with van der Waals surface area (Å²) < 4.78 is 0. The van der Waals surface area contributed by atoms with E-state index in [1.165, 1.54) is 0 Å². The Hall–Kier alpha value is -0.830. The van der Waals surface area contributed by atoms with Gasteiger partial charge in [0.25, 0.3) is 0 Å². The van der Waals surface area contributed by atoms with Gasteiger partial charge in [0, 0.05) is 24.2 Å². The predicted molar refractivity (Wildman–Crippen MR) is 40.1 cm³/mol. The Morgan fingerprint density at radius 2 is 2.22 bits per heavy atom. The van der Waals surface area contributed by atoms with Crippen molar-refractivity contribution in [1.82, 2.24) is 0 Å². The summed E-state index contributed by atoms with van der Waals surface area (Å²) >= 11 is 0. The summed E-state index contributed by atoms with van der Waals surface area (Å²) in [5.74, 6) is 0. The van der Waals surface area contributed by atoms with Crippen molar-refractivity contribution in [3.8, 4) is 0 Å². The minimum absolute atomic E-state index is 0.103. The number of rotatable bonds is 2. The smallest absolute Gasteiger partial charge is 0.0467 e. The second-order valence-corrected chi connectivity index (χ2v) is 1.83. The van der Waals surface area contributed by atoms with E-state index < -0.39 is 0 Å². The molecule has 3 heteroatoms. The average molecular weight is 127 g/mol. The average Bonchev–Trinajstić information content (AvgIpc) is 1.82. The summed E-state index contributed by atoms with van der Waals surface area (Å²) in [6.45, 7) is 3.64. The van der Waals surface area contributed by atoms with Crippen LogP contribution in [0.4, 0.5) is 0 Å². The summed E-state index contributed by atoms with van der Waals surface area (Å²) in [4.78, 5) is 3.80. The molecule has 0 fully saturated rings. The molecular weight excluding hydrogens is 114 g/mol. The molecule has 0 aromatic heterocycles. The van der Waals surface area contributed by atoms with Crippen LogP contribution >= 0.6 is 0 Å². The van der Waals surface area contributed by atoms with Gasteiger partial charge in [-0.3, -0.25) is 4.99 Å². The molecular formula is C6H13N3. The number of hydrogen-bond donors (Lipinski definition) is 2. The van der Waals surface area contributed by atoms with Gasteiger partial charge >= 0.3 is 0 Å². The first-order valence-electron chi connectivity index (χ1n) is 2.87. The summed E-state index contributed by atoms with van der Waals surface area (Å²) in [7, 11) is 0. The Balaban J connectivity index is 3.84. The van der Waals surface area contributed by atoms with Crippen molar-refractivity contribution >= 4 is 6.21 Å². The van der Waals surface area contributed by atoms with E-state index in [0.29, 0.717) is 5.70 Å². The van der Waals surface area contributed by atoms with Crippen LogP contribution in [0.1, 0.15) is 13.8 Å². The fourth-order valence-corrected chi connectivity index (χ4v) is 0.278. The predicted octanol–water partition coefficient (Wildman–Crippen LogP) is 0.224. The van der Waals surface area contributed by atoms with E-state index in [0.717, 1.165) is 0 Å². The van der Waals surface area contributed by atoms with Crippen LogP contribution in [0, 0.1) is 0 Å². The zero-order valence-corrected chi connectivity index (χ0v) is 5.83. The monoisotopic (exact) mass is 127 g/mol. The molecule has 0 aromatic rings. The molecule has 0 aliphatic heterocycles. The van der Waals surface area contributed by atoms with Crippen LogP contribution in [0.5, 0.6) is 0 Å². The van der Waals surface area contributed by atoms with Crippen molar-refractivity contribution in [1.29, 1.82) is 0 Å². The molecule has 0 amide bonds. The van der Waals surface area contributed by atoms with Gasteiger partial charge in [0.1, 0.15) is 0 Å². The van der Waals surface area contributed by atoms with E-state index in [9.17, 15) is 0 Å². The molecule has 9 heavy (non-hydrogen) atoms. The summed E-state index contributed by atoms with van der Waals surface area (Å²) in [5.41, 5.74) is 11.4. The maximum absolute atomic E-state index is 5.42. The molecule has 0 heterocycles. The van der Waals surface area contributed by atoms with Gasteiger partial charge in [-0.05, 0) is 13.8 Å². The molecule has 0 saturated heterocycles. The minimum atomic E-state index is -0.103. The molecule has 0 saturated carbocycles. The molecule has 52 valence electrons. The lowest BCUT2D eigenvalue weighted by Crippen LogP contribution is -2.23. The van der Waals surface area contributed by atoms with Crippen molar-refractivity contribution in [3.63, 3.8) is 0 Å². The normalized spacial score (nSPS) is 16.6. The minimum Gasteiger partial charge on any atom is -0.400 e. The third-order valence-corrected chi connectivity index (χ3v) is 0.898. The first-order chi connectivity index (χ1) is 4.18. The van der Waals surface area contributed by atoms with E-state index in [1.54, 1.807) is 12.4 Å². The Labute approximate surface area is 55.4 Å². The second kappa shape index (κ2) is 4.09. The van der Waals surface area contributed by atoms with Crippen molar-refractivity contribution in [3.05, 3.63) is 11.9 Å². The Morgan fingerprint density at radius 3 is 2.56 bits per heavy atom. The zero-order valence-electron chi connectivity index (χ0n) is 5.83. The van der Waals surface area contributed by atoms with Gasteiger partial charge in [-0.1, -0.05) is 0 Å². The van der Waals surface area contributed by atoms with E-state index >= 15 is 0 Å². The fourth-order valence-electron chi connectivity index (χ4n) is 0.278. The van der Waals surface area contributed by atoms with Crippen LogP contribution in [0.25, 0.3) is 0 Å². The van der Waals surface area contributed by atoms with Crippen molar-refractivity contribution in [2.75, 3.05) is 0 Å². The third-order valence-electron chi connectivity index (χ3n) is 0.898. The second-order valence-electron chi connectivity index (χ2n) is 1.83. The van der Waals surface area contributed by atoms with Gasteiger partial charge in [0.05, 0.1) is 0 Å². The third kappa shape index (κ3) is 3.73. The van der Waals surface area contributed by atoms with E-state index in [1.807, 2.05) is 13.8 Å². The molecule has 0 aliphatic rings. The Bertz CT molecular complexity index is 124. The van der Waals surface area contributed by atoms with Crippen LogP contribution in [0.15, 0.2) is 16.9 Å². The Morgan fingerprint density at radius 1 is 1.67 bits per heavy atom. The number of hydrogen-bond acceptors (Lipinski definition) is 3. The highest BCUT2D eigenvalue weighted by Crippen LogP contribution is 1.88. The van der Waals surface area contributed by atoms with Gasteiger partial charge in [0.15, 0.2) is 0 Å². The highest BCUT2D eigenvalue weighted by atomic mass is 14.8. The van der Waals surface area contributed by atoms with E-state index in [4.69, 9.17) is 11.5 Å². The van der Waals surface area contributed by atoms with Crippen molar-refractivity contribution < 1.29 is 0 Å². The molecule has 0 spiro atoms. The van der Waals surface area contributed by atoms with Crippen LogP contribution in [0.3, 0.4) is 0 Å². The van der Waals surface area contributed by atoms with Crippen LogP contribution in [-0.2, 0) is 0 Å². The fraction of sp³-hybridized carbons (Fsp3) is 0.500. The first-order valence-corrected chi connectivity index (χ1v) is 2.87. The number of aliphatic imine (C=N–C) groups is 1. The van der Waals surface area contributed by atoms with Crippen LogP contribution < -0.4 is 11.5 Å². The van der Waals surface area contributed by atoms with Gasteiger partial charge in [-0.2, -0.15) is 0 Å². The topological polar surface area (TPSA) is 64.4 Å². The molecule has 1 unspecified atom stereocenters. The van der Waals surface area contributed by atoms with Crippen LogP contribution in [0.2, 0.25) is 0 Å². The van der Waals surface area contributed by atoms with Crippen molar-refractivity contribution in [2.45, 2.75) is 19.9 Å². The number of nitrogens with zero attached hydrogens (tertiary/aromatic N) is 1. The van der Waals surface area contributed by atoms with Gasteiger partial charge < -0.3 is 11.5 Å². The number of nitrogens with two attached hydrogens (primary N) is 2. The summed E-state index contributed by atoms with van der Waals surface area (Å²) in [6, 6.07) is -0.103. The summed E-state index contributed by atoms with van der Waals surface area (Å²) in [6.07, 6.45) is 3.22. The van der Waals surface area contributed by atoms with Gasteiger partial charge in [-0.15, -0.1) is 0 Å². The summed E-state index contributed by atoms with van der Waals surface area (Å²) in [5, 5.41) is 0. The molecule has 4 N–H and O–H groups in total. The molecule has 0 rings (SSSR count). The lowest BCUT2D eigenvalue weighted by atomic mass is 10.3. The maximum Gasteiger partial charge on any atom is 0.0467 e. The van der Waals surface area contributed by atoms with Gasteiger partial charge in [0.2, 0.25) is 0 Å². The van der Waals surface area contributed by atoms with Crippen molar-refractivity contribution in [2.24, 2.45) is 16.5 Å². The Kier molecular flexibility index (Phi) is 3.71. The molecule has 0 aliphatic carbocycles. The zero-order chi connectivity index (χ0) is 7.28.